The van der Waals surface area contributed by atoms with Gasteiger partial charge in [-0.2, -0.15) is 0 Å². The average molecular weight is 391 g/mol. The van der Waals surface area contributed by atoms with Gasteiger partial charge >= 0.3 is 0 Å². The van der Waals surface area contributed by atoms with Crippen LogP contribution >= 0.6 is 11.6 Å². The fraction of sp³-hybridized carbons (Fsp3) is 0.211. The molecule has 0 radical (unpaired) electrons. The molecule has 0 spiro atoms. The molecule has 0 unspecified atom stereocenters. The fourth-order valence-corrected chi connectivity index (χ4v) is 3.99. The number of sulfonamides is 1. The van der Waals surface area contributed by atoms with Crippen LogP contribution in [-0.2, 0) is 21.2 Å². The molecule has 2 aromatic rings. The van der Waals surface area contributed by atoms with Gasteiger partial charge in [-0.3, -0.25) is 4.79 Å². The highest BCUT2D eigenvalue weighted by atomic mass is 35.5. The molecule has 136 valence electrons. The first kappa shape index (κ1) is 18.6. The Morgan fingerprint density at radius 2 is 1.92 bits per heavy atom. The van der Waals surface area contributed by atoms with Crippen LogP contribution in [0.25, 0.3) is 6.08 Å². The molecule has 0 N–H and O–H groups in total. The molecule has 1 heterocycles. The van der Waals surface area contributed by atoms with Crippen molar-refractivity contribution in [2.24, 2.45) is 0 Å². The summed E-state index contributed by atoms with van der Waals surface area (Å²) in [4.78, 5) is 14.4. The summed E-state index contributed by atoms with van der Waals surface area (Å²) in [6, 6.07) is 12.2. The van der Waals surface area contributed by atoms with E-state index in [0.29, 0.717) is 18.0 Å². The van der Waals surface area contributed by atoms with E-state index in [-0.39, 0.29) is 10.8 Å². The van der Waals surface area contributed by atoms with Gasteiger partial charge in [0.25, 0.3) is 5.91 Å². The highest BCUT2D eigenvalue weighted by molar-refractivity contribution is 7.89. The summed E-state index contributed by atoms with van der Waals surface area (Å²) in [5.74, 6) is -0.160. The maximum atomic E-state index is 12.6. The van der Waals surface area contributed by atoms with Gasteiger partial charge in [-0.15, -0.1) is 0 Å². The van der Waals surface area contributed by atoms with Gasteiger partial charge in [-0.25, -0.2) is 12.7 Å². The second kappa shape index (κ2) is 7.23. The van der Waals surface area contributed by atoms with Crippen molar-refractivity contribution < 1.29 is 13.2 Å². The van der Waals surface area contributed by atoms with Crippen LogP contribution in [0, 0.1) is 0 Å². The van der Waals surface area contributed by atoms with Crippen LogP contribution in [-0.4, -0.2) is 39.3 Å². The smallest absolute Gasteiger partial charge is 0.251 e. The van der Waals surface area contributed by atoms with E-state index >= 15 is 0 Å². The number of benzene rings is 2. The Kier molecular flexibility index (Phi) is 5.18. The van der Waals surface area contributed by atoms with Gasteiger partial charge in [0.15, 0.2) is 0 Å². The van der Waals surface area contributed by atoms with Crippen LogP contribution in [0.15, 0.2) is 53.4 Å². The number of fused-ring (bicyclic) bond motifs is 1. The highest BCUT2D eigenvalue weighted by Crippen LogP contribution is 2.31. The Balaban J connectivity index is 1.84. The van der Waals surface area contributed by atoms with Crippen molar-refractivity contribution in [1.82, 2.24) is 4.31 Å². The minimum atomic E-state index is -3.49. The van der Waals surface area contributed by atoms with E-state index in [9.17, 15) is 13.2 Å². The zero-order chi connectivity index (χ0) is 18.9. The fourth-order valence-electron chi connectivity index (χ4n) is 2.84. The van der Waals surface area contributed by atoms with Gasteiger partial charge < -0.3 is 4.90 Å². The Hall–Kier alpha value is -2.15. The van der Waals surface area contributed by atoms with E-state index < -0.39 is 10.0 Å². The van der Waals surface area contributed by atoms with E-state index in [4.69, 9.17) is 11.6 Å². The van der Waals surface area contributed by atoms with Crippen LogP contribution in [0.1, 0.15) is 11.1 Å². The number of amides is 1. The SMILES string of the molecule is CN(C)S(=O)(=O)c1ccc2c(c1)CCN2C(=O)/C=C/c1ccccc1Cl. The largest absolute Gasteiger partial charge is 0.308 e. The monoisotopic (exact) mass is 390 g/mol. The normalized spacial score (nSPS) is 14.2. The molecule has 1 amide bonds. The quantitative estimate of drug-likeness (QED) is 0.753. The number of hydrogen-bond acceptors (Lipinski definition) is 3. The number of carbonyl (C=O) groups excluding carboxylic acids is 1. The molecule has 0 atom stereocenters. The molecule has 26 heavy (non-hydrogen) atoms. The molecule has 5 nitrogen and oxygen atoms in total. The van der Waals surface area contributed by atoms with Crippen LogP contribution in [0.2, 0.25) is 5.02 Å². The lowest BCUT2D eigenvalue weighted by Crippen LogP contribution is -2.27. The number of rotatable bonds is 4. The number of anilines is 1. The predicted octanol–water partition coefficient (Wildman–Crippen LogP) is 3.19. The highest BCUT2D eigenvalue weighted by Gasteiger charge is 2.26. The first-order valence-electron chi connectivity index (χ1n) is 8.10. The number of halogens is 1. The molecule has 1 aliphatic rings. The molecular formula is C19H19ClN2O3S. The van der Waals surface area contributed by atoms with Gasteiger partial charge in [0, 0.05) is 37.4 Å². The minimum absolute atomic E-state index is 0.160. The minimum Gasteiger partial charge on any atom is -0.308 e. The van der Waals surface area contributed by atoms with Gasteiger partial charge in [0.05, 0.1) is 4.90 Å². The summed E-state index contributed by atoms with van der Waals surface area (Å²) in [6.07, 6.45) is 3.80. The maximum Gasteiger partial charge on any atom is 0.251 e. The van der Waals surface area contributed by atoms with Crippen LogP contribution < -0.4 is 4.90 Å². The average Bonchev–Trinajstić information content (AvgIpc) is 3.04. The first-order chi connectivity index (χ1) is 12.3. The van der Waals surface area contributed by atoms with Crippen molar-refractivity contribution in [3.63, 3.8) is 0 Å². The summed E-state index contributed by atoms with van der Waals surface area (Å²) >= 11 is 6.10. The first-order valence-corrected chi connectivity index (χ1v) is 9.92. The van der Waals surface area contributed by atoms with Crippen LogP contribution in [0.4, 0.5) is 5.69 Å². The van der Waals surface area contributed by atoms with E-state index in [1.165, 1.54) is 30.5 Å². The molecule has 0 saturated heterocycles. The second-order valence-electron chi connectivity index (χ2n) is 6.17. The molecule has 0 aromatic heterocycles. The van der Waals surface area contributed by atoms with Gasteiger partial charge in [-0.05, 0) is 47.9 Å². The molecule has 3 rings (SSSR count). The summed E-state index contributed by atoms with van der Waals surface area (Å²) in [5, 5.41) is 0.580. The van der Waals surface area contributed by atoms with Crippen molar-refractivity contribution in [2.45, 2.75) is 11.3 Å². The standard InChI is InChI=1S/C19H19ClN2O3S/c1-21(2)26(24,25)16-8-9-18-15(13-16)11-12-22(18)19(23)10-7-14-5-3-4-6-17(14)20/h3-10,13H,11-12H2,1-2H3/b10-7+. The van der Waals surface area contributed by atoms with Crippen molar-refractivity contribution in [3.05, 3.63) is 64.7 Å². The maximum absolute atomic E-state index is 12.6. The number of nitrogens with zero attached hydrogens (tertiary/aromatic N) is 2. The van der Waals surface area contributed by atoms with Crippen molar-refractivity contribution in [1.29, 1.82) is 0 Å². The molecule has 0 bridgehead atoms. The lowest BCUT2D eigenvalue weighted by atomic mass is 10.2. The van der Waals surface area contributed by atoms with Gasteiger partial charge in [0.1, 0.15) is 0 Å². The lowest BCUT2D eigenvalue weighted by molar-refractivity contribution is -0.114. The van der Waals surface area contributed by atoms with E-state index in [2.05, 4.69) is 0 Å². The van der Waals surface area contributed by atoms with Crippen LogP contribution in [0.3, 0.4) is 0 Å². The topological polar surface area (TPSA) is 57.7 Å². The third-order valence-corrected chi connectivity index (χ3v) is 6.46. The molecule has 0 saturated carbocycles. The molecule has 0 aliphatic carbocycles. The number of hydrogen-bond donors (Lipinski definition) is 0. The van der Waals surface area contributed by atoms with Crippen molar-refractivity contribution >= 4 is 39.3 Å². The molecule has 2 aromatic carbocycles. The summed E-state index contributed by atoms with van der Waals surface area (Å²) < 4.78 is 25.7. The van der Waals surface area contributed by atoms with Crippen LogP contribution in [0.5, 0.6) is 0 Å². The second-order valence-corrected chi connectivity index (χ2v) is 8.73. The van der Waals surface area contributed by atoms with Gasteiger partial charge in [-0.1, -0.05) is 29.8 Å². The summed E-state index contributed by atoms with van der Waals surface area (Å²) in [6.45, 7) is 0.520. The van der Waals surface area contributed by atoms with E-state index in [1.54, 1.807) is 29.2 Å². The Bertz CT molecular complexity index is 984. The van der Waals surface area contributed by atoms with Gasteiger partial charge in [0.2, 0.25) is 10.0 Å². The third-order valence-electron chi connectivity index (χ3n) is 4.30. The molecule has 0 fully saturated rings. The Morgan fingerprint density at radius 3 is 2.62 bits per heavy atom. The summed E-state index contributed by atoms with van der Waals surface area (Å²) in [7, 11) is -0.490. The molecular weight excluding hydrogens is 372 g/mol. The Labute approximate surface area is 158 Å². The molecule has 1 aliphatic heterocycles. The Morgan fingerprint density at radius 1 is 1.19 bits per heavy atom. The zero-order valence-electron chi connectivity index (χ0n) is 14.5. The number of carbonyl (C=O) groups is 1. The van der Waals surface area contributed by atoms with E-state index in [1.807, 2.05) is 18.2 Å². The van der Waals surface area contributed by atoms with Crippen molar-refractivity contribution in [2.75, 3.05) is 25.5 Å². The zero-order valence-corrected chi connectivity index (χ0v) is 16.1. The predicted molar refractivity (Wildman–Crippen MR) is 104 cm³/mol. The van der Waals surface area contributed by atoms with E-state index in [0.717, 1.165) is 16.8 Å². The molecule has 7 heteroatoms. The lowest BCUT2D eigenvalue weighted by Gasteiger charge is -2.16. The third kappa shape index (κ3) is 3.53. The van der Waals surface area contributed by atoms with Crippen molar-refractivity contribution in [3.8, 4) is 0 Å². The summed E-state index contributed by atoms with van der Waals surface area (Å²) in [5.41, 5.74) is 2.37.